The van der Waals surface area contributed by atoms with Crippen molar-refractivity contribution in [2.24, 2.45) is 10.8 Å². The fraction of sp³-hybridized carbons (Fsp3) is 0.750. The molecule has 2 aliphatic rings. The van der Waals surface area contributed by atoms with E-state index in [9.17, 15) is 0 Å². The third-order valence-corrected chi connectivity index (χ3v) is 6.86. The summed E-state index contributed by atoms with van der Waals surface area (Å²) in [6.07, 6.45) is 16.6. The van der Waals surface area contributed by atoms with Crippen LogP contribution in [0.15, 0.2) is 24.6 Å². The minimum Gasteiger partial charge on any atom is -0.525 e. The van der Waals surface area contributed by atoms with Gasteiger partial charge in [0.05, 0.1) is 0 Å². The van der Waals surface area contributed by atoms with Crippen molar-refractivity contribution in [1.82, 2.24) is 9.80 Å². The fourth-order valence-electron chi connectivity index (χ4n) is 4.90. The molecular weight excluding hydrogens is 417 g/mol. The Hall–Kier alpha value is -0.297. The second kappa shape index (κ2) is 12.3. The minimum atomic E-state index is 0. The summed E-state index contributed by atoms with van der Waals surface area (Å²) in [7, 11) is 0. The molecule has 3 heteroatoms. The maximum absolute atomic E-state index is 2.41. The van der Waals surface area contributed by atoms with Crippen LogP contribution < -0.4 is 0 Å². The van der Waals surface area contributed by atoms with E-state index in [1.165, 1.54) is 38.5 Å². The monoisotopic (exact) mass is 462 g/mol. The summed E-state index contributed by atoms with van der Waals surface area (Å²) in [5.41, 5.74) is 0.759. The first kappa shape index (κ1) is 26.7. The first-order valence-corrected chi connectivity index (χ1v) is 11.1. The van der Waals surface area contributed by atoms with E-state index in [0.717, 1.165) is 13.1 Å². The molecule has 2 heterocycles. The predicted molar refractivity (Wildman–Crippen MR) is 116 cm³/mol. The van der Waals surface area contributed by atoms with Crippen LogP contribution >= 0.6 is 0 Å². The van der Waals surface area contributed by atoms with Gasteiger partial charge in [0.2, 0.25) is 0 Å². The van der Waals surface area contributed by atoms with Gasteiger partial charge in [0.1, 0.15) is 0 Å². The number of hydrogen-bond donors (Lipinski definition) is 0. The van der Waals surface area contributed by atoms with E-state index >= 15 is 0 Å². The molecule has 2 nitrogen and oxygen atoms in total. The molecule has 0 N–H and O–H groups in total. The Labute approximate surface area is 183 Å². The molecule has 27 heavy (non-hydrogen) atoms. The largest absolute Gasteiger partial charge is 2.00 e. The van der Waals surface area contributed by atoms with Gasteiger partial charge in [-0.25, -0.2) is 12.1 Å². The predicted octanol–water partition coefficient (Wildman–Crippen LogP) is 7.17. The zero-order valence-corrected chi connectivity index (χ0v) is 21.0. The molecule has 0 aromatic heterocycles. The molecule has 0 aromatic rings. The van der Waals surface area contributed by atoms with Crippen molar-refractivity contribution in [3.8, 4) is 0 Å². The van der Waals surface area contributed by atoms with Crippen LogP contribution in [0.3, 0.4) is 0 Å². The minimum absolute atomic E-state index is 0. The second-order valence-electron chi connectivity index (χ2n) is 7.53. The van der Waals surface area contributed by atoms with Crippen LogP contribution in [-0.2, 0) is 19.5 Å². The molecule has 0 saturated carbocycles. The van der Waals surface area contributed by atoms with Gasteiger partial charge in [-0.15, -0.1) is 10.8 Å². The van der Waals surface area contributed by atoms with Gasteiger partial charge in [-0.2, -0.15) is 12.8 Å². The van der Waals surface area contributed by atoms with Crippen molar-refractivity contribution in [3.63, 3.8) is 0 Å². The van der Waals surface area contributed by atoms with Crippen molar-refractivity contribution >= 4 is 0 Å². The maximum Gasteiger partial charge on any atom is 2.00 e. The summed E-state index contributed by atoms with van der Waals surface area (Å²) in [5, 5.41) is 0. The number of hydrogen-bond acceptors (Lipinski definition) is 2. The van der Waals surface area contributed by atoms with Crippen molar-refractivity contribution in [2.45, 2.75) is 93.9 Å². The molecule has 0 saturated heterocycles. The van der Waals surface area contributed by atoms with E-state index in [1.54, 1.807) is 12.1 Å². The molecule has 0 radical (unpaired) electrons. The molecule has 0 aliphatic carbocycles. The second-order valence-corrected chi connectivity index (χ2v) is 7.53. The van der Waals surface area contributed by atoms with Crippen LogP contribution in [0.2, 0.25) is 0 Å². The van der Waals surface area contributed by atoms with Crippen molar-refractivity contribution < 1.29 is 19.5 Å². The first-order valence-electron chi connectivity index (χ1n) is 11.1. The van der Waals surface area contributed by atoms with E-state index in [-0.39, 0.29) is 19.5 Å². The molecule has 0 amide bonds. The van der Waals surface area contributed by atoms with Crippen LogP contribution in [0.25, 0.3) is 0 Å². The summed E-state index contributed by atoms with van der Waals surface area (Å²) in [5.74, 6) is 0. The van der Waals surface area contributed by atoms with Gasteiger partial charge >= 0.3 is 19.5 Å². The summed E-state index contributed by atoms with van der Waals surface area (Å²) in [6.45, 7) is 20.4. The Kier molecular flexibility index (Phi) is 12.2. The Morgan fingerprint density at radius 1 is 0.593 bits per heavy atom. The first-order chi connectivity index (χ1) is 12.5. The molecule has 2 rings (SSSR count). The van der Waals surface area contributed by atoms with E-state index in [1.807, 2.05) is 0 Å². The van der Waals surface area contributed by atoms with E-state index in [2.05, 4.69) is 89.7 Å². The molecule has 0 bridgehead atoms. The van der Waals surface area contributed by atoms with Crippen LogP contribution in [-0.4, -0.2) is 22.9 Å². The molecule has 0 unspecified atom stereocenters. The van der Waals surface area contributed by atoms with Gasteiger partial charge in [0, 0.05) is 0 Å². The number of nitrogens with zero attached hydrogens (tertiary/aromatic N) is 2. The summed E-state index contributed by atoms with van der Waals surface area (Å²) < 4.78 is 0. The van der Waals surface area contributed by atoms with Crippen LogP contribution in [0.4, 0.5) is 0 Å². The van der Waals surface area contributed by atoms with Crippen molar-refractivity contribution in [3.05, 3.63) is 36.6 Å². The Balaban J connectivity index is 0.000000483. The average Bonchev–Trinajstić information content (AvgIpc) is 3.25. The zero-order valence-electron chi connectivity index (χ0n) is 19.2. The molecule has 158 valence electrons. The summed E-state index contributed by atoms with van der Waals surface area (Å²) >= 11 is 0. The van der Waals surface area contributed by atoms with Crippen molar-refractivity contribution in [1.29, 1.82) is 0 Å². The smallest absolute Gasteiger partial charge is 0.525 e. The van der Waals surface area contributed by atoms with Gasteiger partial charge in [0.25, 0.3) is 0 Å². The molecule has 0 aromatic carbocycles. The van der Waals surface area contributed by atoms with Crippen LogP contribution in [0.1, 0.15) is 93.9 Å². The summed E-state index contributed by atoms with van der Waals surface area (Å²) in [6, 6.07) is 3.22. The van der Waals surface area contributed by atoms with E-state index in [4.69, 9.17) is 0 Å². The SMILES string of the molecule is CC[C-]1N(CC)C=CC1(CC)CC.CC[C-]1N(CC)C=CC1(CC)CC.[Ru+2]. The zero-order chi connectivity index (χ0) is 19.8. The van der Waals surface area contributed by atoms with E-state index in [0.29, 0.717) is 10.8 Å². The Bertz CT molecular complexity index is 407. The van der Waals surface area contributed by atoms with E-state index < -0.39 is 0 Å². The normalized spacial score (nSPS) is 20.6. The standard InChI is InChI=1S/2C12H22N.Ru/c2*1-5-11-12(6-2,7-3)9-10-13(11)8-4;/h2*9-10H,5-8H2,1-4H3;/q2*-1;+2. The fourth-order valence-corrected chi connectivity index (χ4v) is 4.90. The number of rotatable bonds is 8. The van der Waals surface area contributed by atoms with Gasteiger partial charge in [0.15, 0.2) is 0 Å². The topological polar surface area (TPSA) is 6.48 Å². The Morgan fingerprint density at radius 3 is 1.07 bits per heavy atom. The maximum atomic E-state index is 2.41. The third-order valence-electron chi connectivity index (χ3n) is 6.86. The quantitative estimate of drug-likeness (QED) is 0.279. The molecule has 2 aliphatic heterocycles. The van der Waals surface area contributed by atoms with Gasteiger partial charge < -0.3 is 9.80 Å². The van der Waals surface area contributed by atoms with Gasteiger partial charge in [-0.05, 0) is 25.5 Å². The molecule has 0 fully saturated rings. The molecule has 0 spiro atoms. The third kappa shape index (κ3) is 5.40. The molecular formula is C24H44N2Ru. The van der Waals surface area contributed by atoms with Crippen molar-refractivity contribution in [2.75, 3.05) is 13.1 Å². The Morgan fingerprint density at radius 2 is 0.889 bits per heavy atom. The molecule has 0 atom stereocenters. The van der Waals surface area contributed by atoms with Gasteiger partial charge in [-0.1, -0.05) is 93.2 Å². The van der Waals surface area contributed by atoms with Crippen LogP contribution in [0, 0.1) is 22.9 Å². The van der Waals surface area contributed by atoms with Crippen LogP contribution in [0.5, 0.6) is 0 Å². The van der Waals surface area contributed by atoms with Gasteiger partial charge in [-0.3, -0.25) is 0 Å². The average molecular weight is 462 g/mol. The summed E-state index contributed by atoms with van der Waals surface area (Å²) in [4.78, 5) is 4.82.